The number of benzene rings is 2. The van der Waals surface area contributed by atoms with Gasteiger partial charge < -0.3 is 18.6 Å². The lowest BCUT2D eigenvalue weighted by Crippen LogP contribution is -1.98. The number of carbonyl (C=O) groups is 1. The molecule has 3 rings (SSSR count). The Morgan fingerprint density at radius 1 is 1.10 bits per heavy atom. The largest absolute Gasteiger partial charge is 0.493 e. The zero-order valence-electron chi connectivity index (χ0n) is 16.9. The molecule has 0 amide bonds. The number of ether oxygens (including phenoxy) is 3. The van der Waals surface area contributed by atoms with Crippen molar-refractivity contribution in [2.45, 2.75) is 20.5 Å². The molecule has 6 heteroatoms. The molecule has 150 valence electrons. The molecule has 0 aliphatic rings. The topological polar surface area (TPSA) is 70.8 Å². The SMILES string of the molecule is COC(=O)/C=C/c1ccc(OCc2coc(-c3ccc(C)cc3C)n2)c(OC)c1. The highest BCUT2D eigenvalue weighted by Gasteiger charge is 2.11. The van der Waals surface area contributed by atoms with Gasteiger partial charge in [-0.05, 0) is 49.2 Å². The molecule has 29 heavy (non-hydrogen) atoms. The molecule has 0 aliphatic carbocycles. The van der Waals surface area contributed by atoms with E-state index in [-0.39, 0.29) is 6.61 Å². The summed E-state index contributed by atoms with van der Waals surface area (Å²) >= 11 is 0. The maximum atomic E-state index is 11.2. The van der Waals surface area contributed by atoms with Crippen molar-refractivity contribution in [3.8, 4) is 23.0 Å². The monoisotopic (exact) mass is 393 g/mol. The summed E-state index contributed by atoms with van der Waals surface area (Å²) in [6, 6.07) is 11.5. The first-order valence-corrected chi connectivity index (χ1v) is 9.09. The summed E-state index contributed by atoms with van der Waals surface area (Å²) in [6.45, 7) is 4.32. The van der Waals surface area contributed by atoms with E-state index in [1.165, 1.54) is 18.7 Å². The second kappa shape index (κ2) is 9.10. The molecule has 0 atom stereocenters. The van der Waals surface area contributed by atoms with Gasteiger partial charge in [0.15, 0.2) is 11.5 Å². The van der Waals surface area contributed by atoms with E-state index in [0.717, 1.165) is 16.7 Å². The normalized spacial score (nSPS) is 10.9. The molecule has 2 aromatic carbocycles. The zero-order valence-corrected chi connectivity index (χ0v) is 16.9. The van der Waals surface area contributed by atoms with Gasteiger partial charge in [-0.25, -0.2) is 9.78 Å². The maximum absolute atomic E-state index is 11.2. The van der Waals surface area contributed by atoms with E-state index in [1.807, 2.05) is 25.1 Å². The number of esters is 1. The first kappa shape index (κ1) is 20.2. The number of nitrogens with zero attached hydrogens (tertiary/aromatic N) is 1. The molecule has 6 nitrogen and oxygen atoms in total. The van der Waals surface area contributed by atoms with E-state index in [9.17, 15) is 4.79 Å². The van der Waals surface area contributed by atoms with Gasteiger partial charge in [0.25, 0.3) is 0 Å². The fourth-order valence-corrected chi connectivity index (χ4v) is 2.84. The molecule has 0 fully saturated rings. The number of carbonyl (C=O) groups excluding carboxylic acids is 1. The Kier molecular flexibility index (Phi) is 6.34. The molecule has 0 bridgehead atoms. The Hall–Kier alpha value is -3.54. The van der Waals surface area contributed by atoms with Gasteiger partial charge in [-0.15, -0.1) is 0 Å². The van der Waals surface area contributed by atoms with E-state index >= 15 is 0 Å². The first-order valence-electron chi connectivity index (χ1n) is 9.09. The van der Waals surface area contributed by atoms with Crippen LogP contribution in [0.3, 0.4) is 0 Å². The first-order chi connectivity index (χ1) is 14.0. The van der Waals surface area contributed by atoms with Crippen molar-refractivity contribution in [3.05, 3.63) is 71.1 Å². The van der Waals surface area contributed by atoms with Crippen molar-refractivity contribution in [1.29, 1.82) is 0 Å². The van der Waals surface area contributed by atoms with Crippen molar-refractivity contribution in [3.63, 3.8) is 0 Å². The van der Waals surface area contributed by atoms with Gasteiger partial charge in [0.05, 0.1) is 14.2 Å². The van der Waals surface area contributed by atoms with Crippen molar-refractivity contribution in [2.75, 3.05) is 14.2 Å². The highest BCUT2D eigenvalue weighted by atomic mass is 16.5. The van der Waals surface area contributed by atoms with Crippen molar-refractivity contribution in [2.24, 2.45) is 0 Å². The standard InChI is InChI=1S/C23H23NO5/c1-15-5-8-19(16(2)11-15)23-24-18(14-29-23)13-28-20-9-6-17(12-21(20)26-3)7-10-22(25)27-4/h5-12,14H,13H2,1-4H3/b10-7+. The average molecular weight is 393 g/mol. The van der Waals surface area contributed by atoms with Gasteiger partial charge in [0, 0.05) is 11.6 Å². The number of hydrogen-bond donors (Lipinski definition) is 0. The predicted molar refractivity (Wildman–Crippen MR) is 110 cm³/mol. The minimum Gasteiger partial charge on any atom is -0.493 e. The Balaban J connectivity index is 1.70. The Bertz CT molecular complexity index is 1040. The molecule has 0 saturated heterocycles. The van der Waals surface area contributed by atoms with E-state index in [4.69, 9.17) is 13.9 Å². The fraction of sp³-hybridized carbons (Fsp3) is 0.217. The van der Waals surface area contributed by atoms with Gasteiger partial charge in [0.2, 0.25) is 5.89 Å². The van der Waals surface area contributed by atoms with Crippen LogP contribution < -0.4 is 9.47 Å². The van der Waals surface area contributed by atoms with Crippen LogP contribution in [-0.2, 0) is 16.1 Å². The van der Waals surface area contributed by atoms with Gasteiger partial charge >= 0.3 is 5.97 Å². The molecule has 1 aromatic heterocycles. The quantitative estimate of drug-likeness (QED) is 0.427. The Morgan fingerprint density at radius 2 is 1.93 bits per heavy atom. The zero-order chi connectivity index (χ0) is 20.8. The summed E-state index contributed by atoms with van der Waals surface area (Å²) in [5, 5.41) is 0. The highest BCUT2D eigenvalue weighted by Crippen LogP contribution is 2.30. The number of hydrogen-bond acceptors (Lipinski definition) is 6. The van der Waals surface area contributed by atoms with Crippen LogP contribution in [0.2, 0.25) is 0 Å². The number of oxazole rings is 1. The summed E-state index contributed by atoms with van der Waals surface area (Å²) in [6.07, 6.45) is 4.58. The van der Waals surface area contributed by atoms with Gasteiger partial charge in [0.1, 0.15) is 18.6 Å². The fourth-order valence-electron chi connectivity index (χ4n) is 2.84. The van der Waals surface area contributed by atoms with Gasteiger partial charge in [-0.3, -0.25) is 0 Å². The van der Waals surface area contributed by atoms with Crippen molar-refractivity contribution >= 4 is 12.0 Å². The Labute approximate surface area is 169 Å². The number of aryl methyl sites for hydroxylation is 2. The maximum Gasteiger partial charge on any atom is 0.330 e. The second-order valence-corrected chi connectivity index (χ2v) is 6.52. The smallest absolute Gasteiger partial charge is 0.330 e. The van der Waals surface area contributed by atoms with Crippen LogP contribution in [0.15, 0.2) is 53.2 Å². The number of aromatic nitrogens is 1. The van der Waals surface area contributed by atoms with E-state index in [0.29, 0.717) is 23.1 Å². The average Bonchev–Trinajstić information content (AvgIpc) is 3.19. The molecule has 0 unspecified atom stereocenters. The molecule has 1 heterocycles. The molecular formula is C23H23NO5. The van der Waals surface area contributed by atoms with Crippen LogP contribution in [0, 0.1) is 13.8 Å². The highest BCUT2D eigenvalue weighted by molar-refractivity contribution is 5.87. The molecular weight excluding hydrogens is 370 g/mol. The molecule has 0 saturated carbocycles. The van der Waals surface area contributed by atoms with E-state index in [2.05, 4.69) is 22.7 Å². The summed E-state index contributed by atoms with van der Waals surface area (Å²) in [5.41, 5.74) is 4.73. The van der Waals surface area contributed by atoms with Crippen LogP contribution in [0.1, 0.15) is 22.4 Å². The summed E-state index contributed by atoms with van der Waals surface area (Å²) in [7, 11) is 2.89. The van der Waals surface area contributed by atoms with Crippen LogP contribution in [-0.4, -0.2) is 25.2 Å². The van der Waals surface area contributed by atoms with E-state index < -0.39 is 5.97 Å². The lowest BCUT2D eigenvalue weighted by atomic mass is 10.1. The summed E-state index contributed by atoms with van der Waals surface area (Å²) < 4.78 is 21.5. The second-order valence-electron chi connectivity index (χ2n) is 6.52. The molecule has 0 spiro atoms. The number of rotatable bonds is 7. The van der Waals surface area contributed by atoms with Crippen molar-refractivity contribution in [1.82, 2.24) is 4.98 Å². The van der Waals surface area contributed by atoms with Crippen LogP contribution >= 0.6 is 0 Å². The molecule has 0 radical (unpaired) electrons. The third kappa shape index (κ3) is 5.04. The van der Waals surface area contributed by atoms with Gasteiger partial charge in [-0.2, -0.15) is 0 Å². The van der Waals surface area contributed by atoms with Gasteiger partial charge in [-0.1, -0.05) is 23.8 Å². The summed E-state index contributed by atoms with van der Waals surface area (Å²) in [4.78, 5) is 15.7. The van der Waals surface area contributed by atoms with Crippen molar-refractivity contribution < 1.29 is 23.4 Å². The third-order valence-electron chi connectivity index (χ3n) is 4.34. The predicted octanol–water partition coefficient (Wildman–Crippen LogP) is 4.73. The molecule has 0 aliphatic heterocycles. The number of methoxy groups -OCH3 is 2. The minimum absolute atomic E-state index is 0.238. The summed E-state index contributed by atoms with van der Waals surface area (Å²) in [5.74, 6) is 1.26. The van der Waals surface area contributed by atoms with Crippen LogP contribution in [0.5, 0.6) is 11.5 Å². The lowest BCUT2D eigenvalue weighted by molar-refractivity contribution is -0.134. The Morgan fingerprint density at radius 3 is 2.66 bits per heavy atom. The third-order valence-corrected chi connectivity index (χ3v) is 4.34. The molecule has 3 aromatic rings. The minimum atomic E-state index is -0.421. The van der Waals surface area contributed by atoms with Crippen LogP contribution in [0.25, 0.3) is 17.5 Å². The van der Waals surface area contributed by atoms with Crippen LogP contribution in [0.4, 0.5) is 0 Å². The molecule has 0 N–H and O–H groups in total. The lowest BCUT2D eigenvalue weighted by Gasteiger charge is -2.10. The van der Waals surface area contributed by atoms with E-state index in [1.54, 1.807) is 31.6 Å².